The zero-order valence-corrected chi connectivity index (χ0v) is 13.1. The molecule has 2 aromatic heterocycles. The highest BCUT2D eigenvalue weighted by Crippen LogP contribution is 2.14. The summed E-state index contributed by atoms with van der Waals surface area (Å²) in [7, 11) is 3.35. The summed E-state index contributed by atoms with van der Waals surface area (Å²) in [5.41, 5.74) is 1.48. The number of carbonyl (C=O) groups is 1. The number of carbonyl (C=O) groups excluding carboxylic acids is 1. The molecule has 0 amide bonds. The fourth-order valence-corrected chi connectivity index (χ4v) is 2.51. The number of nitrogens with zero attached hydrogens (tertiary/aromatic N) is 4. The van der Waals surface area contributed by atoms with Gasteiger partial charge in [-0.2, -0.15) is 0 Å². The minimum atomic E-state index is -0.327. The van der Waals surface area contributed by atoms with E-state index in [1.165, 1.54) is 7.11 Å². The molecule has 0 N–H and O–H groups in total. The van der Waals surface area contributed by atoms with Crippen LogP contribution in [0.4, 0.5) is 0 Å². The van der Waals surface area contributed by atoms with E-state index in [2.05, 4.69) is 9.97 Å². The van der Waals surface area contributed by atoms with Gasteiger partial charge >= 0.3 is 5.97 Å². The number of hydrogen-bond acceptors (Lipinski definition) is 4. The lowest BCUT2D eigenvalue weighted by atomic mass is 10.1. The van der Waals surface area contributed by atoms with E-state index in [9.17, 15) is 4.79 Å². The second-order valence-corrected chi connectivity index (χ2v) is 5.25. The summed E-state index contributed by atoms with van der Waals surface area (Å²) in [5.74, 6) is 1.52. The van der Waals surface area contributed by atoms with Crippen LogP contribution < -0.4 is 0 Å². The summed E-state index contributed by atoms with van der Waals surface area (Å²) in [4.78, 5) is 20.6. The smallest absolute Gasteiger partial charge is 0.338 e. The zero-order chi connectivity index (χ0) is 16.2. The van der Waals surface area contributed by atoms with E-state index in [0.717, 1.165) is 17.2 Å². The van der Waals surface area contributed by atoms with Crippen LogP contribution >= 0.6 is 0 Å². The molecule has 0 bridgehead atoms. The van der Waals surface area contributed by atoms with E-state index in [4.69, 9.17) is 4.74 Å². The first kappa shape index (κ1) is 15.0. The molecule has 0 aliphatic rings. The molecule has 23 heavy (non-hydrogen) atoms. The molecule has 2 heterocycles. The maximum atomic E-state index is 11.9. The van der Waals surface area contributed by atoms with Crippen molar-refractivity contribution < 1.29 is 9.53 Å². The first-order chi connectivity index (χ1) is 11.2. The topological polar surface area (TPSA) is 61.9 Å². The van der Waals surface area contributed by atoms with Crippen LogP contribution in [0, 0.1) is 0 Å². The second kappa shape index (κ2) is 6.48. The Balaban J connectivity index is 1.86. The van der Waals surface area contributed by atoms with Crippen molar-refractivity contribution in [2.75, 3.05) is 7.11 Å². The molecule has 1 aromatic carbocycles. The van der Waals surface area contributed by atoms with Gasteiger partial charge < -0.3 is 13.9 Å². The quantitative estimate of drug-likeness (QED) is 0.677. The van der Waals surface area contributed by atoms with Gasteiger partial charge in [-0.3, -0.25) is 0 Å². The van der Waals surface area contributed by atoms with Crippen LogP contribution in [-0.4, -0.2) is 32.2 Å². The van der Waals surface area contributed by atoms with E-state index < -0.39 is 0 Å². The minimum absolute atomic E-state index is 0.327. The van der Waals surface area contributed by atoms with E-state index in [1.54, 1.807) is 18.5 Å². The van der Waals surface area contributed by atoms with Gasteiger partial charge in [-0.05, 0) is 11.6 Å². The molecule has 0 fully saturated rings. The third-order valence-corrected chi connectivity index (χ3v) is 3.80. The Morgan fingerprint density at radius 3 is 2.61 bits per heavy atom. The van der Waals surface area contributed by atoms with Crippen molar-refractivity contribution in [2.24, 2.45) is 7.05 Å². The summed E-state index contributed by atoms with van der Waals surface area (Å²) in [6.45, 7) is 0.561. The maximum absolute atomic E-state index is 11.9. The second-order valence-electron chi connectivity index (χ2n) is 5.25. The predicted octanol–water partition coefficient (Wildman–Crippen LogP) is 2.04. The van der Waals surface area contributed by atoms with Crippen LogP contribution in [0.2, 0.25) is 0 Å². The SMILES string of the molecule is COC(=O)c1ccccc1Cn1ccnc1Cc1nccn1C. The molecule has 0 radical (unpaired) electrons. The number of ether oxygens (including phenoxy) is 1. The molecule has 0 unspecified atom stereocenters. The summed E-state index contributed by atoms with van der Waals surface area (Å²) in [6.07, 6.45) is 7.99. The molecular weight excluding hydrogens is 292 g/mol. The molecule has 3 rings (SSSR count). The van der Waals surface area contributed by atoms with Crippen molar-refractivity contribution in [2.45, 2.75) is 13.0 Å². The largest absolute Gasteiger partial charge is 0.465 e. The maximum Gasteiger partial charge on any atom is 0.338 e. The lowest BCUT2D eigenvalue weighted by molar-refractivity contribution is 0.0599. The van der Waals surface area contributed by atoms with Gasteiger partial charge in [0, 0.05) is 38.4 Å². The highest BCUT2D eigenvalue weighted by Gasteiger charge is 2.13. The van der Waals surface area contributed by atoms with Gasteiger partial charge in [0.05, 0.1) is 19.1 Å². The van der Waals surface area contributed by atoms with Crippen molar-refractivity contribution in [1.82, 2.24) is 19.1 Å². The van der Waals surface area contributed by atoms with Crippen molar-refractivity contribution in [3.63, 3.8) is 0 Å². The van der Waals surface area contributed by atoms with Gasteiger partial charge in [0.25, 0.3) is 0 Å². The highest BCUT2D eigenvalue weighted by atomic mass is 16.5. The van der Waals surface area contributed by atoms with Crippen molar-refractivity contribution >= 4 is 5.97 Å². The van der Waals surface area contributed by atoms with Crippen LogP contribution in [0.3, 0.4) is 0 Å². The van der Waals surface area contributed by atoms with Crippen LogP contribution in [0.15, 0.2) is 49.1 Å². The Bertz CT molecular complexity index is 819. The Morgan fingerprint density at radius 1 is 1.13 bits per heavy atom. The first-order valence-corrected chi connectivity index (χ1v) is 7.31. The number of aryl methyl sites for hydroxylation is 1. The van der Waals surface area contributed by atoms with E-state index in [1.807, 2.05) is 46.8 Å². The van der Waals surface area contributed by atoms with Gasteiger partial charge in [0.15, 0.2) is 0 Å². The first-order valence-electron chi connectivity index (χ1n) is 7.31. The number of aromatic nitrogens is 4. The molecule has 0 saturated carbocycles. The fourth-order valence-electron chi connectivity index (χ4n) is 2.51. The molecule has 6 heteroatoms. The standard InChI is InChI=1S/C17H18N4O2/c1-20-9-7-18-15(20)11-16-19-8-10-21(16)12-13-5-3-4-6-14(13)17(22)23-2/h3-10H,11-12H2,1-2H3. The molecule has 6 nitrogen and oxygen atoms in total. The number of hydrogen-bond donors (Lipinski definition) is 0. The lowest BCUT2D eigenvalue weighted by Gasteiger charge is -2.11. The molecule has 0 saturated heterocycles. The average Bonchev–Trinajstić information content (AvgIpc) is 3.17. The summed E-state index contributed by atoms with van der Waals surface area (Å²) >= 11 is 0. The van der Waals surface area contributed by atoms with Crippen LogP contribution in [0.5, 0.6) is 0 Å². The molecular formula is C17H18N4O2. The van der Waals surface area contributed by atoms with Crippen LogP contribution in [0.1, 0.15) is 27.6 Å². The third kappa shape index (κ3) is 3.15. The Labute approximate surface area is 134 Å². The summed E-state index contributed by atoms with van der Waals surface area (Å²) in [6, 6.07) is 7.45. The van der Waals surface area contributed by atoms with Crippen molar-refractivity contribution in [1.29, 1.82) is 0 Å². The minimum Gasteiger partial charge on any atom is -0.465 e. The Kier molecular flexibility index (Phi) is 4.23. The summed E-state index contributed by atoms with van der Waals surface area (Å²) < 4.78 is 8.85. The third-order valence-electron chi connectivity index (χ3n) is 3.80. The number of rotatable bonds is 5. The molecule has 0 aliphatic carbocycles. The van der Waals surface area contributed by atoms with E-state index in [-0.39, 0.29) is 5.97 Å². The predicted molar refractivity (Wildman–Crippen MR) is 85.1 cm³/mol. The van der Waals surface area contributed by atoms with E-state index >= 15 is 0 Å². The Morgan fingerprint density at radius 2 is 1.87 bits per heavy atom. The van der Waals surface area contributed by atoms with Gasteiger partial charge in [-0.15, -0.1) is 0 Å². The van der Waals surface area contributed by atoms with Crippen molar-refractivity contribution in [3.05, 3.63) is 71.8 Å². The normalized spacial score (nSPS) is 10.7. The molecule has 0 atom stereocenters. The molecule has 118 valence electrons. The molecule has 0 spiro atoms. The Hall–Kier alpha value is -2.89. The number of methoxy groups -OCH3 is 1. The monoisotopic (exact) mass is 310 g/mol. The number of benzene rings is 1. The van der Waals surface area contributed by atoms with Crippen molar-refractivity contribution in [3.8, 4) is 0 Å². The molecule has 0 aliphatic heterocycles. The van der Waals surface area contributed by atoms with Crippen LogP contribution in [0.25, 0.3) is 0 Å². The van der Waals surface area contributed by atoms with Gasteiger partial charge in [0.2, 0.25) is 0 Å². The summed E-state index contributed by atoms with van der Waals surface area (Å²) in [5, 5.41) is 0. The number of imidazole rings is 2. The number of esters is 1. The lowest BCUT2D eigenvalue weighted by Crippen LogP contribution is -2.11. The molecule has 3 aromatic rings. The van der Waals surface area contributed by atoms with Crippen LogP contribution in [-0.2, 0) is 24.8 Å². The zero-order valence-electron chi connectivity index (χ0n) is 13.1. The van der Waals surface area contributed by atoms with Gasteiger partial charge in [0.1, 0.15) is 11.6 Å². The van der Waals surface area contributed by atoms with Gasteiger partial charge in [-0.1, -0.05) is 18.2 Å². The fraction of sp³-hybridized carbons (Fsp3) is 0.235. The van der Waals surface area contributed by atoms with Gasteiger partial charge in [-0.25, -0.2) is 14.8 Å². The highest BCUT2D eigenvalue weighted by molar-refractivity contribution is 5.90. The van der Waals surface area contributed by atoms with E-state index in [0.29, 0.717) is 18.5 Å². The average molecular weight is 310 g/mol.